The lowest BCUT2D eigenvalue weighted by atomic mass is 9.57. The van der Waals surface area contributed by atoms with Crippen LogP contribution in [0.4, 0.5) is 0 Å². The van der Waals surface area contributed by atoms with Crippen molar-refractivity contribution in [3.8, 4) is 11.5 Å². The number of carbonyl (C=O) groups excluding carboxylic acids is 3. The number of benzene rings is 2. The van der Waals surface area contributed by atoms with Crippen molar-refractivity contribution < 1.29 is 39.5 Å². The minimum absolute atomic E-state index is 0.0396. The third-order valence-electron chi connectivity index (χ3n) is 8.19. The Balaban J connectivity index is 1.53. The predicted molar refractivity (Wildman–Crippen MR) is 131 cm³/mol. The molecule has 0 aliphatic heterocycles. The number of ether oxygens (including phenoxy) is 1. The van der Waals surface area contributed by atoms with Crippen molar-refractivity contribution in [2.45, 2.75) is 43.8 Å². The van der Waals surface area contributed by atoms with E-state index < -0.39 is 52.7 Å². The summed E-state index contributed by atoms with van der Waals surface area (Å²) in [4.78, 5) is 38.5. The lowest BCUT2D eigenvalue weighted by Crippen LogP contribution is -2.63. The number of carbonyl (C=O) groups is 3. The Bertz CT molecular complexity index is 1350. The number of phenolic OH excluding ortho intramolecular Hbond substituents is 1. The average molecular weight is 508 g/mol. The number of rotatable bonds is 5. The summed E-state index contributed by atoms with van der Waals surface area (Å²) in [5.41, 5.74) is 5.26. The van der Waals surface area contributed by atoms with Crippen LogP contribution in [0, 0.1) is 17.8 Å². The minimum atomic E-state index is -2.50. The van der Waals surface area contributed by atoms with E-state index in [-0.39, 0.29) is 29.7 Å². The van der Waals surface area contributed by atoms with Gasteiger partial charge in [-0.1, -0.05) is 18.2 Å². The summed E-state index contributed by atoms with van der Waals surface area (Å²) >= 11 is 0. The summed E-state index contributed by atoms with van der Waals surface area (Å²) in [5.74, 6) is -6.33. The van der Waals surface area contributed by atoms with E-state index in [4.69, 9.17) is 10.5 Å². The van der Waals surface area contributed by atoms with Crippen molar-refractivity contribution in [3.05, 3.63) is 70.0 Å². The number of aliphatic hydroxyl groups is 3. The van der Waals surface area contributed by atoms with Gasteiger partial charge >= 0.3 is 0 Å². The van der Waals surface area contributed by atoms with E-state index in [1.165, 1.54) is 6.07 Å². The molecule has 37 heavy (non-hydrogen) atoms. The van der Waals surface area contributed by atoms with Crippen LogP contribution >= 0.6 is 0 Å². The fraction of sp³-hybridized carbons (Fsp3) is 0.393. The summed E-state index contributed by atoms with van der Waals surface area (Å²) in [6.45, 7) is 0. The largest absolute Gasteiger partial charge is 0.508 e. The fourth-order valence-corrected chi connectivity index (χ4v) is 6.33. The second-order valence-electron chi connectivity index (χ2n) is 10.2. The number of nitrogens with two attached hydrogens (primary N) is 1. The maximum atomic E-state index is 13.6. The molecule has 1 saturated carbocycles. The van der Waals surface area contributed by atoms with Crippen LogP contribution in [0.3, 0.4) is 0 Å². The quantitative estimate of drug-likeness (QED) is 0.380. The number of ketones is 2. The average Bonchev–Trinajstić information content (AvgIpc) is 2.85. The summed E-state index contributed by atoms with van der Waals surface area (Å²) in [7, 11) is 1.60. The zero-order chi connectivity index (χ0) is 26.6. The maximum Gasteiger partial charge on any atom is 0.230 e. The Morgan fingerprint density at radius 1 is 1.14 bits per heavy atom. The first-order chi connectivity index (χ1) is 17.6. The Kier molecular flexibility index (Phi) is 6.08. The van der Waals surface area contributed by atoms with E-state index in [0.29, 0.717) is 24.8 Å². The summed E-state index contributed by atoms with van der Waals surface area (Å²) < 4.78 is 5.29. The van der Waals surface area contributed by atoms with Crippen molar-refractivity contribution >= 4 is 17.5 Å². The molecule has 3 aliphatic carbocycles. The number of hydrogen-bond donors (Lipinski definition) is 5. The van der Waals surface area contributed by atoms with Crippen molar-refractivity contribution in [2.24, 2.45) is 23.5 Å². The first-order valence-electron chi connectivity index (χ1n) is 12.3. The highest BCUT2D eigenvalue weighted by molar-refractivity contribution is 6.15. The number of fused-ring (bicyclic) bond motifs is 3. The normalized spacial score (nSPS) is 28.8. The van der Waals surface area contributed by atoms with Gasteiger partial charge in [-0.2, -0.15) is 0 Å². The van der Waals surface area contributed by atoms with Gasteiger partial charge in [-0.3, -0.25) is 14.4 Å². The van der Waals surface area contributed by atoms with Crippen LogP contribution in [-0.2, 0) is 28.9 Å². The Morgan fingerprint density at radius 3 is 2.59 bits per heavy atom. The molecule has 0 radical (unpaired) electrons. The van der Waals surface area contributed by atoms with Gasteiger partial charge < -0.3 is 30.9 Å². The van der Waals surface area contributed by atoms with E-state index >= 15 is 0 Å². The molecule has 3 aliphatic rings. The summed E-state index contributed by atoms with van der Waals surface area (Å²) in [5, 5.41) is 43.5. The number of phenols is 1. The van der Waals surface area contributed by atoms with Crippen molar-refractivity contribution in [1.29, 1.82) is 0 Å². The van der Waals surface area contributed by atoms with E-state index in [1.54, 1.807) is 13.2 Å². The van der Waals surface area contributed by atoms with Crippen LogP contribution in [-0.4, -0.2) is 56.7 Å². The highest BCUT2D eigenvalue weighted by atomic mass is 16.5. The molecule has 5 rings (SSSR count). The van der Waals surface area contributed by atoms with Gasteiger partial charge in [-0.05, 0) is 72.9 Å². The molecule has 1 fully saturated rings. The SMILES string of the molecule is COc1cccc(CCc2ccc(O)c3c2CC2CC4CC(O)C(C(N)=O)C(=O)[C@@]4(O)C(O)=C2C3=O)c1. The van der Waals surface area contributed by atoms with Crippen LogP contribution in [0.15, 0.2) is 47.7 Å². The van der Waals surface area contributed by atoms with Gasteiger partial charge in [0.15, 0.2) is 17.2 Å². The molecule has 0 spiro atoms. The first-order valence-corrected chi connectivity index (χ1v) is 12.3. The van der Waals surface area contributed by atoms with Gasteiger partial charge in [0.05, 0.1) is 18.8 Å². The number of primary amides is 1. The maximum absolute atomic E-state index is 13.6. The van der Waals surface area contributed by atoms with Crippen LogP contribution < -0.4 is 10.5 Å². The first kappa shape index (κ1) is 25.0. The van der Waals surface area contributed by atoms with Crippen molar-refractivity contribution in [1.82, 2.24) is 0 Å². The van der Waals surface area contributed by atoms with Crippen LogP contribution in [0.1, 0.15) is 39.9 Å². The standard InChI is InChI=1S/C28H29NO8/c1-37-17-4-2-3-13(9-17)5-6-14-7-8-19(30)22-18(14)11-15-10-16-12-20(31)23(27(29)35)26(34)28(16,36)25(33)21(15)24(22)32/h2-4,7-9,15-16,20,23,30-31,33,36H,5-6,10-12H2,1H3,(H2,29,35)/t15?,16?,20?,23?,28-/m0/s1. The number of aliphatic hydroxyl groups excluding tert-OH is 2. The molecule has 9 nitrogen and oxygen atoms in total. The smallest absolute Gasteiger partial charge is 0.230 e. The highest BCUT2D eigenvalue weighted by Crippen LogP contribution is 2.51. The lowest BCUT2D eigenvalue weighted by molar-refractivity contribution is -0.167. The summed E-state index contributed by atoms with van der Waals surface area (Å²) in [6.07, 6.45) is 0.176. The molecule has 6 N–H and O–H groups in total. The van der Waals surface area contributed by atoms with Gasteiger partial charge in [0.25, 0.3) is 0 Å². The van der Waals surface area contributed by atoms with Crippen LogP contribution in [0.2, 0.25) is 0 Å². The Hall–Kier alpha value is -3.69. The topological polar surface area (TPSA) is 167 Å². The molecular formula is C28H29NO8. The molecule has 2 aromatic rings. The van der Waals surface area contributed by atoms with Crippen LogP contribution in [0.25, 0.3) is 0 Å². The Morgan fingerprint density at radius 2 is 1.89 bits per heavy atom. The number of aryl methyl sites for hydroxylation is 2. The van der Waals surface area contributed by atoms with E-state index in [1.807, 2.05) is 24.3 Å². The van der Waals surface area contributed by atoms with Crippen LogP contribution in [0.5, 0.6) is 11.5 Å². The van der Waals surface area contributed by atoms with Crippen molar-refractivity contribution in [3.63, 3.8) is 0 Å². The minimum Gasteiger partial charge on any atom is -0.508 e. The second-order valence-corrected chi connectivity index (χ2v) is 10.2. The lowest BCUT2D eigenvalue weighted by Gasteiger charge is -2.48. The molecule has 0 saturated heterocycles. The van der Waals surface area contributed by atoms with E-state index in [9.17, 15) is 34.8 Å². The highest BCUT2D eigenvalue weighted by Gasteiger charge is 2.62. The fourth-order valence-electron chi connectivity index (χ4n) is 6.33. The zero-order valence-corrected chi connectivity index (χ0v) is 20.3. The molecule has 4 unspecified atom stereocenters. The third kappa shape index (κ3) is 3.81. The van der Waals surface area contributed by atoms with Gasteiger partial charge in [0.2, 0.25) is 5.91 Å². The molecule has 5 atom stereocenters. The van der Waals surface area contributed by atoms with Crippen molar-refractivity contribution in [2.75, 3.05) is 7.11 Å². The third-order valence-corrected chi connectivity index (χ3v) is 8.19. The second kappa shape index (κ2) is 9.00. The molecule has 1 amide bonds. The number of amides is 1. The van der Waals surface area contributed by atoms with Gasteiger partial charge in [0.1, 0.15) is 23.2 Å². The molecule has 0 heterocycles. The Labute approximate surface area is 213 Å². The predicted octanol–water partition coefficient (Wildman–Crippen LogP) is 1.54. The monoisotopic (exact) mass is 507 g/mol. The molecule has 2 aromatic carbocycles. The number of hydrogen-bond acceptors (Lipinski definition) is 8. The number of Topliss-reactive ketones (excluding diaryl/α,β-unsaturated/α-hetero) is 2. The van der Waals surface area contributed by atoms with Gasteiger partial charge in [-0.15, -0.1) is 0 Å². The number of allylic oxidation sites excluding steroid dienone is 1. The number of aromatic hydroxyl groups is 1. The van der Waals surface area contributed by atoms with Gasteiger partial charge in [0, 0.05) is 11.5 Å². The number of methoxy groups -OCH3 is 1. The summed E-state index contributed by atoms with van der Waals surface area (Å²) in [6, 6.07) is 10.9. The van der Waals surface area contributed by atoms with Gasteiger partial charge in [-0.25, -0.2) is 0 Å². The molecule has 9 heteroatoms. The molecule has 194 valence electrons. The molecular weight excluding hydrogens is 478 g/mol. The van der Waals surface area contributed by atoms with E-state index in [2.05, 4.69) is 0 Å². The van der Waals surface area contributed by atoms with E-state index in [0.717, 1.165) is 16.9 Å². The molecule has 0 bridgehead atoms. The molecule has 0 aromatic heterocycles. The zero-order valence-electron chi connectivity index (χ0n) is 20.3.